The molecule has 0 unspecified atom stereocenters. The fraction of sp³-hybridized carbons (Fsp3) is 0.158. The predicted molar refractivity (Wildman–Crippen MR) is 108 cm³/mol. The second-order valence-electron chi connectivity index (χ2n) is 5.97. The van der Waals surface area contributed by atoms with Crippen molar-refractivity contribution in [2.24, 2.45) is 0 Å². The lowest BCUT2D eigenvalue weighted by Gasteiger charge is -2.11. The van der Waals surface area contributed by atoms with Gasteiger partial charge in [-0.05, 0) is 42.3 Å². The quantitative estimate of drug-likeness (QED) is 0.438. The van der Waals surface area contributed by atoms with Gasteiger partial charge in [0, 0.05) is 17.3 Å². The molecule has 1 aromatic heterocycles. The fourth-order valence-electron chi connectivity index (χ4n) is 2.51. The summed E-state index contributed by atoms with van der Waals surface area (Å²) >= 11 is 6.12. The van der Waals surface area contributed by atoms with Gasteiger partial charge in [-0.3, -0.25) is 10.1 Å². The lowest BCUT2D eigenvalue weighted by atomic mass is 10.2. The molecule has 0 saturated heterocycles. The lowest BCUT2D eigenvalue weighted by Crippen LogP contribution is -2.08. The monoisotopic (exact) mass is 399 g/mol. The lowest BCUT2D eigenvalue weighted by molar-refractivity contribution is -0.383. The second-order valence-corrected chi connectivity index (χ2v) is 6.37. The molecule has 8 nitrogen and oxygen atoms in total. The summed E-state index contributed by atoms with van der Waals surface area (Å²) in [4.78, 5) is 19.2. The van der Waals surface area contributed by atoms with E-state index in [4.69, 9.17) is 16.3 Å². The predicted octanol–water partition coefficient (Wildman–Crippen LogP) is 4.71. The maximum atomic E-state index is 11.7. The first-order valence-corrected chi connectivity index (χ1v) is 8.75. The van der Waals surface area contributed by atoms with Crippen LogP contribution in [0.25, 0.3) is 0 Å². The molecule has 1 heterocycles. The molecule has 9 heteroatoms. The largest absolute Gasteiger partial charge is 0.497 e. The molecule has 28 heavy (non-hydrogen) atoms. The van der Waals surface area contributed by atoms with E-state index in [1.165, 1.54) is 6.33 Å². The maximum Gasteiger partial charge on any atom is 0.353 e. The van der Waals surface area contributed by atoms with Crippen molar-refractivity contribution in [2.75, 3.05) is 17.7 Å². The van der Waals surface area contributed by atoms with Gasteiger partial charge in [0.25, 0.3) is 0 Å². The molecule has 0 fully saturated rings. The number of methoxy groups -OCH3 is 1. The highest BCUT2D eigenvalue weighted by molar-refractivity contribution is 6.31. The molecule has 0 bridgehead atoms. The van der Waals surface area contributed by atoms with E-state index in [-0.39, 0.29) is 17.3 Å². The van der Waals surface area contributed by atoms with E-state index in [1.54, 1.807) is 19.2 Å². The summed E-state index contributed by atoms with van der Waals surface area (Å²) in [5, 5.41) is 18.1. The highest BCUT2D eigenvalue weighted by Crippen LogP contribution is 2.32. The van der Waals surface area contributed by atoms with Crippen molar-refractivity contribution < 1.29 is 9.66 Å². The van der Waals surface area contributed by atoms with Crippen LogP contribution in [0.3, 0.4) is 0 Å². The van der Waals surface area contributed by atoms with Gasteiger partial charge in [-0.15, -0.1) is 0 Å². The number of hydrogen-bond acceptors (Lipinski definition) is 7. The molecule has 2 aromatic carbocycles. The molecule has 0 aliphatic rings. The molecule has 144 valence electrons. The number of nitrogens with zero attached hydrogens (tertiary/aromatic N) is 3. The minimum atomic E-state index is -0.519. The van der Waals surface area contributed by atoms with Gasteiger partial charge in [-0.2, -0.15) is 0 Å². The second kappa shape index (κ2) is 8.53. The Hall–Kier alpha value is -3.39. The molecule has 0 atom stereocenters. The van der Waals surface area contributed by atoms with Crippen molar-refractivity contribution in [1.82, 2.24) is 9.97 Å². The van der Waals surface area contributed by atoms with E-state index in [0.717, 1.165) is 16.9 Å². The van der Waals surface area contributed by atoms with Crippen molar-refractivity contribution in [3.63, 3.8) is 0 Å². The third-order valence-corrected chi connectivity index (χ3v) is 4.47. The summed E-state index contributed by atoms with van der Waals surface area (Å²) in [6, 6.07) is 12.7. The van der Waals surface area contributed by atoms with Crippen molar-refractivity contribution in [3.05, 3.63) is 75.1 Å². The van der Waals surface area contributed by atoms with Crippen molar-refractivity contribution in [2.45, 2.75) is 13.5 Å². The highest BCUT2D eigenvalue weighted by Gasteiger charge is 2.23. The Morgan fingerprint density at radius 2 is 1.86 bits per heavy atom. The number of ether oxygens (including phenoxy) is 1. The minimum Gasteiger partial charge on any atom is -0.497 e. The number of benzene rings is 2. The molecule has 0 aliphatic carbocycles. The molecule has 3 rings (SSSR count). The van der Waals surface area contributed by atoms with Gasteiger partial charge in [0.2, 0.25) is 11.6 Å². The van der Waals surface area contributed by atoms with Crippen LogP contribution in [0.2, 0.25) is 5.02 Å². The van der Waals surface area contributed by atoms with Gasteiger partial charge >= 0.3 is 5.69 Å². The van der Waals surface area contributed by atoms with E-state index < -0.39 is 4.92 Å². The Balaban J connectivity index is 1.84. The number of halogens is 1. The molecule has 0 aliphatic heterocycles. The Morgan fingerprint density at radius 3 is 2.50 bits per heavy atom. The number of rotatable bonds is 7. The topological polar surface area (TPSA) is 102 Å². The number of nitrogens with one attached hydrogen (secondary N) is 2. The van der Waals surface area contributed by atoms with Crippen LogP contribution < -0.4 is 15.4 Å². The standard InChI is InChI=1S/C19H18ClN5O3/c1-12-3-6-14(9-16(12)20)24-19-17(25(26)27)18(22-11-23-19)21-10-13-4-7-15(28-2)8-5-13/h3-9,11H,10H2,1-2H3,(H2,21,22,23,24). The van der Waals surface area contributed by atoms with Gasteiger partial charge in [-0.1, -0.05) is 29.8 Å². The Labute approximate surface area is 166 Å². The summed E-state index contributed by atoms with van der Waals surface area (Å²) in [7, 11) is 1.59. The Kier molecular flexibility index (Phi) is 5.90. The van der Waals surface area contributed by atoms with Crippen LogP contribution in [0.1, 0.15) is 11.1 Å². The zero-order chi connectivity index (χ0) is 20.1. The first-order chi connectivity index (χ1) is 13.5. The average Bonchev–Trinajstić information content (AvgIpc) is 2.69. The van der Waals surface area contributed by atoms with Crippen LogP contribution in [0.4, 0.5) is 23.0 Å². The Morgan fingerprint density at radius 1 is 1.14 bits per heavy atom. The van der Waals surface area contributed by atoms with Gasteiger partial charge < -0.3 is 15.4 Å². The van der Waals surface area contributed by atoms with Crippen LogP contribution in [-0.2, 0) is 6.54 Å². The van der Waals surface area contributed by atoms with Gasteiger partial charge in [0.1, 0.15) is 12.1 Å². The minimum absolute atomic E-state index is 0.0807. The van der Waals surface area contributed by atoms with E-state index in [9.17, 15) is 10.1 Å². The highest BCUT2D eigenvalue weighted by atomic mass is 35.5. The number of anilines is 3. The smallest absolute Gasteiger partial charge is 0.353 e. The molecule has 0 spiro atoms. The summed E-state index contributed by atoms with van der Waals surface area (Å²) in [6.07, 6.45) is 1.27. The normalized spacial score (nSPS) is 10.4. The van der Waals surface area contributed by atoms with Crippen LogP contribution in [0.15, 0.2) is 48.8 Å². The number of nitro groups is 1. The van der Waals surface area contributed by atoms with E-state index in [1.807, 2.05) is 37.3 Å². The van der Waals surface area contributed by atoms with E-state index in [2.05, 4.69) is 20.6 Å². The fourth-order valence-corrected chi connectivity index (χ4v) is 2.69. The van der Waals surface area contributed by atoms with Gasteiger partial charge in [0.05, 0.1) is 12.0 Å². The first kappa shape index (κ1) is 19.4. The van der Waals surface area contributed by atoms with E-state index in [0.29, 0.717) is 17.3 Å². The van der Waals surface area contributed by atoms with Crippen LogP contribution >= 0.6 is 11.6 Å². The molecular weight excluding hydrogens is 382 g/mol. The number of aryl methyl sites for hydroxylation is 1. The SMILES string of the molecule is COc1ccc(CNc2ncnc(Nc3ccc(C)c(Cl)c3)c2[N+](=O)[O-])cc1. The van der Waals surface area contributed by atoms with Gasteiger partial charge in [-0.25, -0.2) is 9.97 Å². The summed E-state index contributed by atoms with van der Waals surface area (Å²) in [5.74, 6) is 0.939. The summed E-state index contributed by atoms with van der Waals surface area (Å²) in [6.45, 7) is 2.23. The van der Waals surface area contributed by atoms with Crippen molar-refractivity contribution in [3.8, 4) is 5.75 Å². The molecular formula is C19H18ClN5O3. The number of aromatic nitrogens is 2. The van der Waals surface area contributed by atoms with Crippen LogP contribution in [0.5, 0.6) is 5.75 Å². The average molecular weight is 400 g/mol. The van der Waals surface area contributed by atoms with Crippen LogP contribution in [-0.4, -0.2) is 22.0 Å². The molecule has 0 saturated carbocycles. The maximum absolute atomic E-state index is 11.7. The van der Waals surface area contributed by atoms with Gasteiger partial charge in [0.15, 0.2) is 0 Å². The third kappa shape index (κ3) is 4.47. The summed E-state index contributed by atoms with van der Waals surface area (Å²) in [5.41, 5.74) is 2.19. The zero-order valence-electron chi connectivity index (χ0n) is 15.3. The Bertz CT molecular complexity index is 995. The molecule has 2 N–H and O–H groups in total. The molecule has 3 aromatic rings. The summed E-state index contributed by atoms with van der Waals surface area (Å²) < 4.78 is 5.12. The zero-order valence-corrected chi connectivity index (χ0v) is 16.0. The third-order valence-electron chi connectivity index (χ3n) is 4.06. The number of hydrogen-bond donors (Lipinski definition) is 2. The van der Waals surface area contributed by atoms with E-state index >= 15 is 0 Å². The van der Waals surface area contributed by atoms with Crippen molar-refractivity contribution >= 4 is 34.6 Å². The van der Waals surface area contributed by atoms with Crippen LogP contribution in [0, 0.1) is 17.0 Å². The molecule has 0 radical (unpaired) electrons. The first-order valence-electron chi connectivity index (χ1n) is 8.37. The van der Waals surface area contributed by atoms with Crippen molar-refractivity contribution in [1.29, 1.82) is 0 Å². The molecule has 0 amide bonds.